The van der Waals surface area contributed by atoms with Crippen LogP contribution in [-0.4, -0.2) is 58.2 Å². The molecule has 1 aliphatic carbocycles. The van der Waals surface area contributed by atoms with Crippen LogP contribution in [-0.2, 0) is 32.5 Å². The van der Waals surface area contributed by atoms with Crippen LogP contribution in [0.2, 0.25) is 5.02 Å². The first-order valence-corrected chi connectivity index (χ1v) is 18.9. The van der Waals surface area contributed by atoms with E-state index in [9.17, 15) is 13.2 Å². The Labute approximate surface area is 278 Å². The fraction of sp³-hybridized carbons (Fsp3) is 0.629. The number of hydrogen-bond acceptors (Lipinski definition) is 8. The van der Waals surface area contributed by atoms with Crippen LogP contribution in [0, 0.1) is 23.7 Å². The van der Waals surface area contributed by atoms with Crippen molar-refractivity contribution in [3.05, 3.63) is 58.1 Å². The maximum atomic E-state index is 13.5. The molecule has 0 spiro atoms. The number of nitrogens with two attached hydrogens (primary N) is 1. The molecule has 0 unspecified atom stereocenters. The second-order valence-electron chi connectivity index (χ2n) is 13.8. The molecule has 3 heterocycles. The average Bonchev–Trinajstić information content (AvgIpc) is 3.05. The number of carbonyl (C=O) groups is 1. The number of amides is 1. The van der Waals surface area contributed by atoms with Gasteiger partial charge in [0.2, 0.25) is 10.0 Å². The zero-order valence-corrected chi connectivity index (χ0v) is 28.5. The molecule has 3 N–H and O–H groups in total. The number of sulfonamides is 1. The number of benzene rings is 2. The highest BCUT2D eigenvalue weighted by atomic mass is 35.5. The van der Waals surface area contributed by atoms with Gasteiger partial charge in [-0.25, -0.2) is 13.1 Å². The van der Waals surface area contributed by atoms with Crippen molar-refractivity contribution in [1.82, 2.24) is 4.72 Å². The molecule has 0 radical (unpaired) electrons. The monoisotopic (exact) mass is 673 g/mol. The molecule has 6 rings (SSSR count). The minimum atomic E-state index is -3.90. The van der Waals surface area contributed by atoms with Gasteiger partial charge in [0, 0.05) is 29.6 Å². The number of anilines is 1. The van der Waals surface area contributed by atoms with Gasteiger partial charge in [-0.15, -0.1) is 0 Å². The Bertz CT molecular complexity index is 1500. The highest BCUT2D eigenvalue weighted by Crippen LogP contribution is 2.46. The van der Waals surface area contributed by atoms with Crippen molar-refractivity contribution in [3.8, 4) is 5.75 Å². The molecule has 2 bridgehead atoms. The number of aryl methyl sites for hydroxylation is 1. The lowest BCUT2D eigenvalue weighted by atomic mass is 9.65. The van der Waals surface area contributed by atoms with E-state index >= 15 is 0 Å². The SMILES string of the molecule is C[C@@H]1[C@@H](C)CCC[C@H](C2OCC(N)CO2)[C@@H]2CC[C@H]2CN2CCCCc3cc(Cl)ccc3COc3ccc(cc32)C(=O)NS1(=O)=O. The summed E-state index contributed by atoms with van der Waals surface area (Å²) in [4.78, 5) is 15.8. The number of nitrogens with zero attached hydrogens (tertiary/aromatic N) is 1. The molecular weight excluding hydrogens is 626 g/mol. The van der Waals surface area contributed by atoms with E-state index in [2.05, 4.69) is 9.62 Å². The fourth-order valence-electron chi connectivity index (χ4n) is 7.58. The molecule has 2 fully saturated rings. The Morgan fingerprint density at radius 1 is 0.935 bits per heavy atom. The molecule has 11 heteroatoms. The molecule has 1 saturated heterocycles. The van der Waals surface area contributed by atoms with Crippen LogP contribution in [0.3, 0.4) is 0 Å². The second-order valence-corrected chi connectivity index (χ2v) is 16.3. The Morgan fingerprint density at radius 3 is 2.50 bits per heavy atom. The maximum Gasteiger partial charge on any atom is 0.264 e. The smallest absolute Gasteiger partial charge is 0.264 e. The predicted octanol–water partition coefficient (Wildman–Crippen LogP) is 5.67. The number of ether oxygens (including phenoxy) is 3. The second kappa shape index (κ2) is 14.4. The molecule has 3 aliphatic heterocycles. The van der Waals surface area contributed by atoms with Crippen LogP contribution in [0.5, 0.6) is 5.75 Å². The summed E-state index contributed by atoms with van der Waals surface area (Å²) in [6.45, 7) is 6.56. The van der Waals surface area contributed by atoms with Gasteiger partial charge in [-0.2, -0.15) is 0 Å². The molecule has 252 valence electrons. The van der Waals surface area contributed by atoms with Crippen molar-refractivity contribution in [2.24, 2.45) is 29.4 Å². The van der Waals surface area contributed by atoms with E-state index in [1.807, 2.05) is 25.1 Å². The normalized spacial score (nSPS) is 32.4. The molecule has 4 aliphatic rings. The van der Waals surface area contributed by atoms with Crippen LogP contribution in [0.4, 0.5) is 5.69 Å². The van der Waals surface area contributed by atoms with Gasteiger partial charge in [0.15, 0.2) is 6.29 Å². The van der Waals surface area contributed by atoms with Gasteiger partial charge in [-0.1, -0.05) is 31.0 Å². The van der Waals surface area contributed by atoms with Gasteiger partial charge >= 0.3 is 0 Å². The number of fused-ring (bicyclic) bond motifs is 3. The van der Waals surface area contributed by atoms with Crippen molar-refractivity contribution in [1.29, 1.82) is 0 Å². The van der Waals surface area contributed by atoms with Gasteiger partial charge < -0.3 is 24.8 Å². The molecule has 46 heavy (non-hydrogen) atoms. The molecular formula is C35H48ClN3O6S. The third-order valence-electron chi connectivity index (χ3n) is 10.7. The van der Waals surface area contributed by atoms with Crippen molar-refractivity contribution < 1.29 is 27.4 Å². The first-order valence-electron chi connectivity index (χ1n) is 16.9. The first-order chi connectivity index (χ1) is 22.1. The average molecular weight is 674 g/mol. The Hall–Kier alpha value is -2.37. The van der Waals surface area contributed by atoms with Gasteiger partial charge in [0.05, 0.1) is 30.2 Å². The van der Waals surface area contributed by atoms with Crippen molar-refractivity contribution in [2.75, 3.05) is 31.2 Å². The quantitative estimate of drug-likeness (QED) is 0.397. The largest absolute Gasteiger partial charge is 0.487 e. The van der Waals surface area contributed by atoms with E-state index in [-0.39, 0.29) is 24.2 Å². The zero-order valence-electron chi connectivity index (χ0n) is 27.0. The third kappa shape index (κ3) is 7.51. The molecule has 1 saturated carbocycles. The lowest BCUT2D eigenvalue weighted by Gasteiger charge is -2.47. The van der Waals surface area contributed by atoms with Crippen LogP contribution in [0.25, 0.3) is 0 Å². The highest BCUT2D eigenvalue weighted by Gasteiger charge is 2.43. The summed E-state index contributed by atoms with van der Waals surface area (Å²) in [7, 11) is -3.90. The summed E-state index contributed by atoms with van der Waals surface area (Å²) in [5.74, 6) is 0.947. The van der Waals surface area contributed by atoms with E-state index in [1.165, 1.54) is 5.56 Å². The number of nitrogens with one attached hydrogen (secondary N) is 1. The number of hydrogen-bond donors (Lipinski definition) is 2. The summed E-state index contributed by atoms with van der Waals surface area (Å²) >= 11 is 6.36. The Balaban J connectivity index is 1.36. The summed E-state index contributed by atoms with van der Waals surface area (Å²) in [6, 6.07) is 11.1. The van der Waals surface area contributed by atoms with E-state index in [4.69, 9.17) is 31.5 Å². The van der Waals surface area contributed by atoms with Gasteiger partial charge in [-0.3, -0.25) is 4.79 Å². The molecule has 9 nitrogen and oxygen atoms in total. The third-order valence-corrected chi connectivity index (χ3v) is 12.9. The topological polar surface area (TPSA) is 120 Å². The molecule has 2 aromatic carbocycles. The first kappa shape index (κ1) is 33.5. The molecule has 0 aromatic heterocycles. The van der Waals surface area contributed by atoms with Crippen LogP contribution in [0.1, 0.15) is 80.3 Å². The minimum Gasteiger partial charge on any atom is -0.487 e. The van der Waals surface area contributed by atoms with E-state index < -0.39 is 21.2 Å². The summed E-state index contributed by atoms with van der Waals surface area (Å²) in [6.07, 6.45) is 7.19. The number of halogens is 1. The van der Waals surface area contributed by atoms with Crippen LogP contribution >= 0.6 is 11.6 Å². The number of carbonyl (C=O) groups excluding carboxylic acids is 1. The Morgan fingerprint density at radius 2 is 1.74 bits per heavy atom. The summed E-state index contributed by atoms with van der Waals surface area (Å²) in [5, 5.41) is -0.0133. The lowest BCUT2D eigenvalue weighted by Crippen LogP contribution is -2.50. The van der Waals surface area contributed by atoms with Gasteiger partial charge in [0.25, 0.3) is 5.91 Å². The standard InChI is InChI=1S/C35H48ClN3O6S/c1-22-6-5-8-31(35-44-20-29(37)21-45-35)30-13-10-26(30)18-39-15-4-3-7-24-16-28(36)12-9-27(24)19-43-33-14-11-25(17-32(33)39)34(40)38-46(41,42)23(22)2/h9,11-12,14,16-17,22-23,26,29-31,35H,3-8,10,13,15,18-21,37H2,1-2H3,(H,38,40)/t22-,23+,26-,29?,30+,31-,35?/m0/s1. The summed E-state index contributed by atoms with van der Waals surface area (Å²) in [5.41, 5.74) is 9.48. The Kier molecular flexibility index (Phi) is 10.5. The van der Waals surface area contributed by atoms with Crippen molar-refractivity contribution in [2.45, 2.75) is 89.4 Å². The van der Waals surface area contributed by atoms with Crippen LogP contribution < -0.4 is 20.1 Å². The van der Waals surface area contributed by atoms with Crippen molar-refractivity contribution in [3.63, 3.8) is 0 Å². The van der Waals surface area contributed by atoms with E-state index in [0.29, 0.717) is 48.0 Å². The van der Waals surface area contributed by atoms with Crippen molar-refractivity contribution >= 4 is 33.2 Å². The molecule has 1 amide bonds. The molecule has 5 atom stereocenters. The van der Waals surface area contributed by atoms with Gasteiger partial charge in [-0.05, 0) is 111 Å². The van der Waals surface area contributed by atoms with Crippen LogP contribution in [0.15, 0.2) is 36.4 Å². The minimum absolute atomic E-state index is 0.119. The predicted molar refractivity (Wildman–Crippen MR) is 180 cm³/mol. The number of rotatable bonds is 1. The summed E-state index contributed by atoms with van der Waals surface area (Å²) < 4.78 is 48.0. The zero-order chi connectivity index (χ0) is 32.4. The molecule has 2 aromatic rings. The fourth-order valence-corrected chi connectivity index (χ4v) is 9.08. The lowest BCUT2D eigenvalue weighted by molar-refractivity contribution is -0.229. The highest BCUT2D eigenvalue weighted by molar-refractivity contribution is 7.90. The van der Waals surface area contributed by atoms with Gasteiger partial charge in [0.1, 0.15) is 12.4 Å². The maximum absolute atomic E-state index is 13.5. The van der Waals surface area contributed by atoms with E-state index in [0.717, 1.165) is 75.7 Å². The van der Waals surface area contributed by atoms with E-state index in [1.54, 1.807) is 25.1 Å².